The lowest BCUT2D eigenvalue weighted by Gasteiger charge is -2.41. The van der Waals surface area contributed by atoms with Crippen LogP contribution in [0.3, 0.4) is 0 Å². The van der Waals surface area contributed by atoms with Crippen molar-refractivity contribution in [2.24, 2.45) is 34.7 Å². The highest BCUT2D eigenvalue weighted by Crippen LogP contribution is 2.44. The number of nitrogens with one attached hydrogen (secondary N) is 2. The van der Waals surface area contributed by atoms with Crippen LogP contribution in [0.4, 0.5) is 0 Å². The molecule has 0 aliphatic carbocycles. The summed E-state index contributed by atoms with van der Waals surface area (Å²) >= 11 is 0. The molecule has 2 rings (SSSR count). The van der Waals surface area contributed by atoms with Crippen molar-refractivity contribution in [1.29, 1.82) is 5.26 Å². The minimum atomic E-state index is -1.60. The number of nitrogens with zero attached hydrogens (tertiary/aromatic N) is 1. The van der Waals surface area contributed by atoms with Crippen LogP contribution < -0.4 is 22.5 Å². The maximum absolute atomic E-state index is 14.0. The molecule has 1 aliphatic rings. The Kier molecular flexibility index (Phi) is 12.6. The van der Waals surface area contributed by atoms with Gasteiger partial charge in [-0.25, -0.2) is 16.2 Å². The Hall–Kier alpha value is -3.10. The van der Waals surface area contributed by atoms with E-state index in [0.717, 1.165) is 18.4 Å². The first-order chi connectivity index (χ1) is 18.2. The summed E-state index contributed by atoms with van der Waals surface area (Å²) in [7, 11) is 0. The van der Waals surface area contributed by atoms with Crippen LogP contribution in [0.5, 0.6) is 0 Å². The van der Waals surface area contributed by atoms with Gasteiger partial charge < -0.3 is 10.5 Å². The van der Waals surface area contributed by atoms with Gasteiger partial charge in [-0.1, -0.05) is 56.3 Å². The fourth-order valence-electron chi connectivity index (χ4n) is 4.97. The number of ketones is 1. The van der Waals surface area contributed by atoms with E-state index in [1.165, 1.54) is 6.92 Å². The number of benzene rings is 1. The Labute approximate surface area is 225 Å². The number of hydrogen-bond donors (Lipinski definition) is 4. The van der Waals surface area contributed by atoms with Gasteiger partial charge >= 0.3 is 0 Å². The van der Waals surface area contributed by atoms with E-state index in [1.807, 2.05) is 44.2 Å². The molecule has 38 heavy (non-hydrogen) atoms. The predicted octanol–water partition coefficient (Wildman–Crippen LogP) is 2.75. The maximum Gasteiger partial charge on any atom is 0.248 e. The second kappa shape index (κ2) is 15.3. The van der Waals surface area contributed by atoms with E-state index >= 15 is 0 Å². The fraction of sp³-hybridized carbons (Fsp3) is 0.571. The van der Waals surface area contributed by atoms with Gasteiger partial charge in [-0.15, -0.1) is 0 Å². The lowest BCUT2D eigenvalue weighted by Crippen LogP contribution is -2.56. The standard InChI is InChI=1S/C28H41N5O5/c1-19(2)18-22(26(35)32-31)24(27(36)33-38-23-12-7-8-17-37-23)28(14-9-16-29,25(34)20(3)30)15-13-21-10-5-4-6-11-21/h4-6,10-11,13,15,19-20,22-24H,7-9,12,14,17-18,30-31H2,1-3H3,(H,32,35)(H,33,36)/b15-13+/t20-,22-,23?,24-,28?/m1/s1. The number of ether oxygens (including phenoxy) is 1. The minimum absolute atomic E-state index is 0.0210. The van der Waals surface area contributed by atoms with Crippen LogP contribution in [-0.4, -0.2) is 36.5 Å². The van der Waals surface area contributed by atoms with Crippen LogP contribution >= 0.6 is 0 Å². The highest BCUT2D eigenvalue weighted by Gasteiger charge is 2.53. The van der Waals surface area contributed by atoms with E-state index in [1.54, 1.807) is 12.2 Å². The molecule has 1 fully saturated rings. The molecule has 0 bridgehead atoms. The Balaban J connectivity index is 2.69. The number of hydroxylamine groups is 1. The third-order valence-electron chi connectivity index (χ3n) is 6.77. The van der Waals surface area contributed by atoms with Crippen LogP contribution in [0.25, 0.3) is 6.08 Å². The van der Waals surface area contributed by atoms with Crippen molar-refractivity contribution in [2.75, 3.05) is 6.61 Å². The van der Waals surface area contributed by atoms with Crippen molar-refractivity contribution in [1.82, 2.24) is 10.9 Å². The number of allylic oxidation sites excluding steroid dienone is 1. The number of Topliss-reactive ketones (excluding diaryl/α,β-unsaturated/α-hetero) is 1. The number of amides is 2. The highest BCUT2D eigenvalue weighted by molar-refractivity contribution is 5.99. The van der Waals surface area contributed by atoms with Gasteiger partial charge in [0.15, 0.2) is 12.1 Å². The summed E-state index contributed by atoms with van der Waals surface area (Å²) in [5, 5.41) is 9.51. The average molecular weight is 528 g/mol. The van der Waals surface area contributed by atoms with E-state index in [-0.39, 0.29) is 25.2 Å². The number of carbonyl (C=O) groups excluding carboxylic acids is 3. The molecular formula is C28H41N5O5. The molecule has 5 atom stereocenters. The zero-order valence-corrected chi connectivity index (χ0v) is 22.5. The Morgan fingerprint density at radius 1 is 1.21 bits per heavy atom. The van der Waals surface area contributed by atoms with E-state index in [9.17, 15) is 19.6 Å². The zero-order chi connectivity index (χ0) is 28.1. The second-order valence-electron chi connectivity index (χ2n) is 10.2. The maximum atomic E-state index is 14.0. The van der Waals surface area contributed by atoms with E-state index in [4.69, 9.17) is 21.2 Å². The van der Waals surface area contributed by atoms with Crippen molar-refractivity contribution in [3.05, 3.63) is 42.0 Å². The monoisotopic (exact) mass is 527 g/mol. The van der Waals surface area contributed by atoms with Crippen LogP contribution in [-0.2, 0) is 24.0 Å². The van der Waals surface area contributed by atoms with Gasteiger partial charge in [0.2, 0.25) is 11.8 Å². The molecule has 1 saturated heterocycles. The highest BCUT2D eigenvalue weighted by atomic mass is 16.8. The van der Waals surface area contributed by atoms with Crippen molar-refractivity contribution < 1.29 is 24.0 Å². The number of hydrazine groups is 1. The van der Waals surface area contributed by atoms with Crippen LogP contribution in [0.1, 0.15) is 64.9 Å². The smallest absolute Gasteiger partial charge is 0.248 e. The first kappa shape index (κ1) is 31.1. The topological polar surface area (TPSA) is 170 Å². The summed E-state index contributed by atoms with van der Waals surface area (Å²) in [6.07, 6.45) is 5.23. The third kappa shape index (κ3) is 8.46. The SMILES string of the molecule is CC(C)C[C@@H](C(=O)NN)[C@H](C(=O)NOC1CCCCO1)C(/C=C/c1ccccc1)(CCC#N)C(=O)[C@@H](C)N. The first-order valence-electron chi connectivity index (χ1n) is 13.1. The van der Waals surface area contributed by atoms with Crippen LogP contribution in [0, 0.1) is 34.5 Å². The largest absolute Gasteiger partial charge is 0.350 e. The lowest BCUT2D eigenvalue weighted by atomic mass is 9.61. The zero-order valence-electron chi connectivity index (χ0n) is 22.5. The quantitative estimate of drug-likeness (QED) is 0.163. The van der Waals surface area contributed by atoms with E-state index < -0.39 is 47.2 Å². The molecule has 208 valence electrons. The normalized spacial score (nSPS) is 19.7. The summed E-state index contributed by atoms with van der Waals surface area (Å²) in [6.45, 7) is 5.84. The van der Waals surface area contributed by atoms with Gasteiger partial charge in [-0.3, -0.25) is 19.8 Å². The second-order valence-corrected chi connectivity index (χ2v) is 10.2. The van der Waals surface area contributed by atoms with Gasteiger partial charge in [-0.2, -0.15) is 5.26 Å². The Bertz CT molecular complexity index is 985. The molecule has 1 aliphatic heterocycles. The third-order valence-corrected chi connectivity index (χ3v) is 6.77. The number of hydrogen-bond acceptors (Lipinski definition) is 8. The summed E-state index contributed by atoms with van der Waals surface area (Å²) in [4.78, 5) is 46.7. The molecule has 0 saturated carbocycles. The minimum Gasteiger partial charge on any atom is -0.350 e. The molecular weight excluding hydrogens is 486 g/mol. The number of carbonyl (C=O) groups is 3. The van der Waals surface area contributed by atoms with Crippen molar-refractivity contribution in [2.45, 2.75) is 71.6 Å². The molecule has 0 radical (unpaired) electrons. The molecule has 0 spiro atoms. The van der Waals surface area contributed by atoms with Crippen molar-refractivity contribution in [3.8, 4) is 6.07 Å². The molecule has 10 nitrogen and oxygen atoms in total. The van der Waals surface area contributed by atoms with Gasteiger partial charge in [0.25, 0.3) is 0 Å². The number of nitrogens with two attached hydrogens (primary N) is 2. The summed E-state index contributed by atoms with van der Waals surface area (Å²) in [5.74, 6) is 1.50. The number of nitriles is 1. The average Bonchev–Trinajstić information content (AvgIpc) is 2.92. The van der Waals surface area contributed by atoms with Crippen molar-refractivity contribution >= 4 is 23.7 Å². The molecule has 1 aromatic rings. The van der Waals surface area contributed by atoms with Gasteiger partial charge in [0.1, 0.15) is 0 Å². The summed E-state index contributed by atoms with van der Waals surface area (Å²) in [5.41, 5.74) is 9.93. The first-order valence-corrected chi connectivity index (χ1v) is 13.1. The lowest BCUT2D eigenvalue weighted by molar-refractivity contribution is -0.204. The molecule has 10 heteroatoms. The van der Waals surface area contributed by atoms with Gasteiger partial charge in [0.05, 0.1) is 29.4 Å². The van der Waals surface area contributed by atoms with Crippen LogP contribution in [0.15, 0.2) is 36.4 Å². The molecule has 1 aromatic carbocycles. The van der Waals surface area contributed by atoms with Crippen molar-refractivity contribution in [3.63, 3.8) is 0 Å². The number of rotatable bonds is 14. The molecule has 1 heterocycles. The van der Waals surface area contributed by atoms with Gasteiger partial charge in [0, 0.05) is 19.4 Å². The summed E-state index contributed by atoms with van der Waals surface area (Å²) < 4.78 is 5.56. The molecule has 2 amide bonds. The Morgan fingerprint density at radius 3 is 2.47 bits per heavy atom. The molecule has 2 unspecified atom stereocenters. The molecule has 0 aromatic heterocycles. The summed E-state index contributed by atoms with van der Waals surface area (Å²) in [6, 6.07) is 10.3. The Morgan fingerprint density at radius 2 is 1.92 bits per heavy atom. The van der Waals surface area contributed by atoms with E-state index in [0.29, 0.717) is 13.0 Å². The predicted molar refractivity (Wildman–Crippen MR) is 143 cm³/mol. The van der Waals surface area contributed by atoms with Crippen LogP contribution in [0.2, 0.25) is 0 Å². The van der Waals surface area contributed by atoms with Gasteiger partial charge in [-0.05, 0) is 44.1 Å². The molecule has 6 N–H and O–H groups in total. The van der Waals surface area contributed by atoms with E-state index in [2.05, 4.69) is 17.0 Å². The fourth-order valence-corrected chi connectivity index (χ4v) is 4.97.